The van der Waals surface area contributed by atoms with Crippen LogP contribution in [-0.4, -0.2) is 25.5 Å². The lowest BCUT2D eigenvalue weighted by molar-refractivity contribution is 0.166. The fourth-order valence-electron chi connectivity index (χ4n) is 3.83. The van der Waals surface area contributed by atoms with E-state index in [0.29, 0.717) is 0 Å². The summed E-state index contributed by atoms with van der Waals surface area (Å²) in [5, 5.41) is 0. The zero-order valence-electron chi connectivity index (χ0n) is 17.3. The summed E-state index contributed by atoms with van der Waals surface area (Å²) in [6.07, 6.45) is 3.09. The van der Waals surface area contributed by atoms with Gasteiger partial charge in [0, 0.05) is 19.0 Å². The summed E-state index contributed by atoms with van der Waals surface area (Å²) in [6, 6.07) is 27.2. The molecule has 150 valence electrons. The Morgan fingerprint density at radius 1 is 0.966 bits per heavy atom. The molecular formula is C26H29NO2. The van der Waals surface area contributed by atoms with Crippen molar-refractivity contribution in [1.29, 1.82) is 0 Å². The van der Waals surface area contributed by atoms with Crippen LogP contribution in [-0.2, 0) is 6.42 Å². The molecule has 1 aliphatic heterocycles. The molecule has 29 heavy (non-hydrogen) atoms. The number of rotatable bonds is 7. The van der Waals surface area contributed by atoms with Crippen LogP contribution in [0.4, 0.5) is 0 Å². The van der Waals surface area contributed by atoms with E-state index < -0.39 is 0 Å². The summed E-state index contributed by atoms with van der Waals surface area (Å²) < 4.78 is 12.8. The van der Waals surface area contributed by atoms with Gasteiger partial charge >= 0.3 is 0 Å². The molecule has 0 fully saturated rings. The number of aryl methyl sites for hydroxylation is 1. The molecular weight excluding hydrogens is 358 g/mol. The Morgan fingerprint density at radius 3 is 2.41 bits per heavy atom. The molecule has 0 N–H and O–H groups in total. The SMILES string of the molecule is CN(C)CCC(Oc1ccc2c(c1)OC(c1ccccc1)CC2)c1ccccc1. The Kier molecular flexibility index (Phi) is 6.16. The number of hydrogen-bond acceptors (Lipinski definition) is 3. The second kappa shape index (κ2) is 9.15. The van der Waals surface area contributed by atoms with Gasteiger partial charge in [0.05, 0.1) is 0 Å². The molecule has 3 aromatic carbocycles. The molecule has 2 unspecified atom stereocenters. The summed E-state index contributed by atoms with van der Waals surface area (Å²) in [7, 11) is 4.19. The Labute approximate surface area is 173 Å². The lowest BCUT2D eigenvalue weighted by atomic mass is 9.97. The molecule has 3 heteroatoms. The summed E-state index contributed by atoms with van der Waals surface area (Å²) in [5.74, 6) is 1.81. The zero-order valence-corrected chi connectivity index (χ0v) is 17.3. The third kappa shape index (κ3) is 4.99. The van der Waals surface area contributed by atoms with Crippen LogP contribution in [0.5, 0.6) is 11.5 Å². The first-order valence-corrected chi connectivity index (χ1v) is 10.4. The fourth-order valence-corrected chi connectivity index (χ4v) is 3.83. The van der Waals surface area contributed by atoms with Gasteiger partial charge in [-0.15, -0.1) is 0 Å². The highest BCUT2D eigenvalue weighted by atomic mass is 16.5. The van der Waals surface area contributed by atoms with Gasteiger partial charge in [-0.1, -0.05) is 66.7 Å². The molecule has 3 aromatic rings. The molecule has 0 amide bonds. The van der Waals surface area contributed by atoms with Crippen molar-refractivity contribution < 1.29 is 9.47 Å². The van der Waals surface area contributed by atoms with Crippen molar-refractivity contribution in [2.75, 3.05) is 20.6 Å². The average Bonchev–Trinajstić information content (AvgIpc) is 2.77. The van der Waals surface area contributed by atoms with Crippen LogP contribution >= 0.6 is 0 Å². The normalized spacial score (nSPS) is 16.7. The maximum absolute atomic E-state index is 6.45. The van der Waals surface area contributed by atoms with Gasteiger partial charge in [0.15, 0.2) is 0 Å². The molecule has 0 bridgehead atoms. The first-order valence-electron chi connectivity index (χ1n) is 10.4. The van der Waals surface area contributed by atoms with E-state index in [2.05, 4.69) is 85.7 Å². The third-order valence-corrected chi connectivity index (χ3v) is 5.44. The van der Waals surface area contributed by atoms with Crippen molar-refractivity contribution in [1.82, 2.24) is 4.90 Å². The van der Waals surface area contributed by atoms with Gasteiger partial charge in [0.2, 0.25) is 0 Å². The Hall–Kier alpha value is -2.78. The van der Waals surface area contributed by atoms with Crippen molar-refractivity contribution in [2.24, 2.45) is 0 Å². The second-order valence-corrected chi connectivity index (χ2v) is 7.93. The lowest BCUT2D eigenvalue weighted by Gasteiger charge is -2.28. The van der Waals surface area contributed by atoms with Gasteiger partial charge in [-0.25, -0.2) is 0 Å². The minimum absolute atomic E-state index is 0.0187. The third-order valence-electron chi connectivity index (χ3n) is 5.44. The van der Waals surface area contributed by atoms with Crippen LogP contribution in [0.25, 0.3) is 0 Å². The first-order chi connectivity index (χ1) is 14.2. The van der Waals surface area contributed by atoms with Gasteiger partial charge in [0.1, 0.15) is 23.7 Å². The van der Waals surface area contributed by atoms with Crippen molar-refractivity contribution in [3.8, 4) is 11.5 Å². The van der Waals surface area contributed by atoms with Gasteiger partial charge in [-0.2, -0.15) is 0 Å². The topological polar surface area (TPSA) is 21.7 Å². The van der Waals surface area contributed by atoms with E-state index in [4.69, 9.17) is 9.47 Å². The number of benzene rings is 3. The number of hydrogen-bond donors (Lipinski definition) is 0. The fraction of sp³-hybridized carbons (Fsp3) is 0.308. The standard InChI is InChI=1S/C26H29NO2/c1-27(2)18-17-25(21-11-7-4-8-12-21)28-23-15-13-22-14-16-24(29-26(22)19-23)20-9-5-3-6-10-20/h3-13,15,19,24-25H,14,16-18H2,1-2H3. The van der Waals surface area contributed by atoms with E-state index in [1.807, 2.05) is 12.1 Å². The van der Waals surface area contributed by atoms with E-state index >= 15 is 0 Å². The highest BCUT2D eigenvalue weighted by molar-refractivity contribution is 5.43. The summed E-state index contributed by atoms with van der Waals surface area (Å²) in [4.78, 5) is 2.19. The molecule has 0 aliphatic carbocycles. The summed E-state index contributed by atoms with van der Waals surface area (Å²) in [6.45, 7) is 0.969. The van der Waals surface area contributed by atoms with Crippen molar-refractivity contribution in [3.05, 3.63) is 95.6 Å². The number of ether oxygens (including phenoxy) is 2. The Balaban J connectivity index is 1.53. The van der Waals surface area contributed by atoms with Gasteiger partial charge in [-0.05, 0) is 49.7 Å². The van der Waals surface area contributed by atoms with Gasteiger partial charge in [-0.3, -0.25) is 0 Å². The average molecular weight is 388 g/mol. The molecule has 0 saturated heterocycles. The van der Waals surface area contributed by atoms with Crippen molar-refractivity contribution in [3.63, 3.8) is 0 Å². The predicted molar refractivity (Wildman–Crippen MR) is 118 cm³/mol. The molecule has 1 heterocycles. The largest absolute Gasteiger partial charge is 0.486 e. The lowest BCUT2D eigenvalue weighted by Crippen LogP contribution is -2.19. The number of fused-ring (bicyclic) bond motifs is 1. The van der Waals surface area contributed by atoms with E-state index in [1.165, 1.54) is 16.7 Å². The monoisotopic (exact) mass is 387 g/mol. The van der Waals surface area contributed by atoms with Crippen LogP contribution in [0, 0.1) is 0 Å². The van der Waals surface area contributed by atoms with Crippen LogP contribution < -0.4 is 9.47 Å². The second-order valence-electron chi connectivity index (χ2n) is 7.93. The minimum atomic E-state index is 0.0187. The van der Waals surface area contributed by atoms with Crippen LogP contribution in [0.3, 0.4) is 0 Å². The van der Waals surface area contributed by atoms with Crippen LogP contribution in [0.15, 0.2) is 78.9 Å². The molecule has 4 rings (SSSR count). The molecule has 1 aliphatic rings. The minimum Gasteiger partial charge on any atom is -0.486 e. The maximum Gasteiger partial charge on any atom is 0.127 e. The van der Waals surface area contributed by atoms with Crippen molar-refractivity contribution in [2.45, 2.75) is 31.5 Å². The Bertz CT molecular complexity index is 909. The van der Waals surface area contributed by atoms with Gasteiger partial charge < -0.3 is 14.4 Å². The van der Waals surface area contributed by atoms with E-state index in [0.717, 1.165) is 37.3 Å². The molecule has 0 aromatic heterocycles. The predicted octanol–water partition coefficient (Wildman–Crippen LogP) is 5.82. The number of nitrogens with zero attached hydrogens (tertiary/aromatic N) is 1. The van der Waals surface area contributed by atoms with E-state index in [-0.39, 0.29) is 12.2 Å². The molecule has 2 atom stereocenters. The molecule has 0 radical (unpaired) electrons. The highest BCUT2D eigenvalue weighted by Gasteiger charge is 2.22. The van der Waals surface area contributed by atoms with Crippen LogP contribution in [0.1, 0.15) is 41.7 Å². The molecule has 3 nitrogen and oxygen atoms in total. The maximum atomic E-state index is 6.45. The van der Waals surface area contributed by atoms with Crippen LogP contribution in [0.2, 0.25) is 0 Å². The highest BCUT2D eigenvalue weighted by Crippen LogP contribution is 2.38. The quantitative estimate of drug-likeness (QED) is 0.509. The molecule has 0 saturated carbocycles. The van der Waals surface area contributed by atoms with E-state index in [9.17, 15) is 0 Å². The van der Waals surface area contributed by atoms with E-state index in [1.54, 1.807) is 0 Å². The van der Waals surface area contributed by atoms with Gasteiger partial charge in [0.25, 0.3) is 0 Å². The zero-order chi connectivity index (χ0) is 20.1. The first kappa shape index (κ1) is 19.5. The Morgan fingerprint density at radius 2 is 1.69 bits per heavy atom. The van der Waals surface area contributed by atoms with Crippen molar-refractivity contribution >= 4 is 0 Å². The summed E-state index contributed by atoms with van der Waals surface area (Å²) in [5.41, 5.74) is 3.70. The molecule has 0 spiro atoms. The summed E-state index contributed by atoms with van der Waals surface area (Å²) >= 11 is 0. The smallest absolute Gasteiger partial charge is 0.127 e.